The number of ether oxygens (including phenoxy) is 1. The Bertz CT molecular complexity index is 1600. The monoisotopic (exact) mass is 508 g/mol. The van der Waals surface area contributed by atoms with Crippen molar-refractivity contribution in [1.82, 2.24) is 25.7 Å². The summed E-state index contributed by atoms with van der Waals surface area (Å²) in [4.78, 5) is 24.3. The van der Waals surface area contributed by atoms with Gasteiger partial charge in [-0.05, 0) is 29.8 Å². The van der Waals surface area contributed by atoms with Crippen LogP contribution < -0.4 is 26.4 Å². The maximum atomic E-state index is 12.3. The number of anilines is 1. The van der Waals surface area contributed by atoms with Gasteiger partial charge in [-0.2, -0.15) is 15.2 Å². The van der Waals surface area contributed by atoms with E-state index in [2.05, 4.69) is 37.4 Å². The average Bonchev–Trinajstić information content (AvgIpc) is 2.84. The number of hydrazone groups is 1. The third-order valence-corrected chi connectivity index (χ3v) is 5.56. The Morgan fingerprint density at radius 3 is 2.60 bits per heavy atom. The number of benzene rings is 2. The number of H-pyrrole nitrogens is 1. The molecule has 0 radical (unpaired) electrons. The van der Waals surface area contributed by atoms with Crippen molar-refractivity contribution >= 4 is 51.7 Å². The molecular weight excluding hydrogens is 495 g/mol. The molecule has 0 atom stereocenters. The van der Waals surface area contributed by atoms with Crippen LogP contribution in [0, 0.1) is 0 Å². The number of nitrogens with zero attached hydrogens (tertiary/aromatic N) is 5. The number of nitrogens with two attached hydrogens (primary N) is 1. The van der Waals surface area contributed by atoms with E-state index in [0.29, 0.717) is 16.6 Å². The fourth-order valence-corrected chi connectivity index (χ4v) is 3.87. The first kappa shape index (κ1) is 22.3. The fourth-order valence-electron chi connectivity index (χ4n) is 3.32. The summed E-state index contributed by atoms with van der Waals surface area (Å²) in [5.41, 5.74) is 7.35. The van der Waals surface area contributed by atoms with Crippen molar-refractivity contribution < 1.29 is 9.53 Å². The quantitative estimate of drug-likeness (QED) is 0.379. The highest BCUT2D eigenvalue weighted by molar-refractivity contribution is 6.37. The van der Waals surface area contributed by atoms with Gasteiger partial charge in [0.05, 0.1) is 38.7 Å². The van der Waals surface area contributed by atoms with Crippen molar-refractivity contribution in [1.29, 1.82) is 0 Å². The number of amidine groups is 1. The number of hydrogen-bond acceptors (Lipinski definition) is 8. The SMILES string of the molecule is C=C1NC(=O)N(c2cc(Cl)c(Oc3n[nH]c(=O)cc3-c3ccc4ccnnc4c3)c(Cl)c2)N=C1N. The molecule has 0 unspecified atom stereocenters. The molecule has 0 aliphatic carbocycles. The van der Waals surface area contributed by atoms with Gasteiger partial charge < -0.3 is 15.8 Å². The van der Waals surface area contributed by atoms with Crippen molar-refractivity contribution in [2.75, 3.05) is 5.01 Å². The Morgan fingerprint density at radius 1 is 1.06 bits per heavy atom. The van der Waals surface area contributed by atoms with E-state index in [1.807, 2.05) is 12.1 Å². The summed E-state index contributed by atoms with van der Waals surface area (Å²) in [7, 11) is 0. The molecule has 0 saturated heterocycles. The molecule has 174 valence electrons. The maximum Gasteiger partial charge on any atom is 0.347 e. The number of fused-ring (bicyclic) bond motifs is 1. The number of urea groups is 1. The van der Waals surface area contributed by atoms with Gasteiger partial charge in [-0.1, -0.05) is 41.9 Å². The first-order valence-corrected chi connectivity index (χ1v) is 10.7. The standard InChI is InChI=1S/C22H14Cl2N8O3/c1-10-20(25)31-32(22(34)27-10)13-7-15(23)19(16(24)8-13)35-21-14(9-18(33)29-30-21)12-3-2-11-4-5-26-28-17(11)6-12/h2-9H,1H2,(H2,25,31)(H,27,34)(H,29,33). The Kier molecular flexibility index (Phi) is 5.55. The first-order valence-electron chi connectivity index (χ1n) is 9.93. The van der Waals surface area contributed by atoms with Gasteiger partial charge in [-0.25, -0.2) is 9.89 Å². The summed E-state index contributed by atoms with van der Waals surface area (Å²) in [6.07, 6.45) is 1.59. The van der Waals surface area contributed by atoms with Gasteiger partial charge in [0.2, 0.25) is 5.88 Å². The number of halogens is 2. The highest BCUT2D eigenvalue weighted by atomic mass is 35.5. The van der Waals surface area contributed by atoms with Gasteiger partial charge in [-0.15, -0.1) is 10.2 Å². The van der Waals surface area contributed by atoms with Gasteiger partial charge in [0.1, 0.15) is 0 Å². The summed E-state index contributed by atoms with van der Waals surface area (Å²) in [5, 5.41) is 22.8. The van der Waals surface area contributed by atoms with Crippen LogP contribution in [0.2, 0.25) is 10.0 Å². The molecule has 4 aromatic rings. The Balaban J connectivity index is 1.54. The molecule has 0 fully saturated rings. The lowest BCUT2D eigenvalue weighted by Gasteiger charge is -2.24. The Hall–Kier alpha value is -4.48. The van der Waals surface area contributed by atoms with Crippen LogP contribution in [-0.2, 0) is 0 Å². The smallest absolute Gasteiger partial charge is 0.347 e. The molecule has 1 aliphatic rings. The molecule has 2 aromatic heterocycles. The Morgan fingerprint density at radius 2 is 1.83 bits per heavy atom. The second-order valence-corrected chi connectivity index (χ2v) is 8.12. The lowest BCUT2D eigenvalue weighted by molar-refractivity contribution is 0.248. The number of amides is 2. The number of aromatic nitrogens is 4. The minimum absolute atomic E-state index is 0.0272. The van der Waals surface area contributed by atoms with Crippen LogP contribution in [-0.4, -0.2) is 32.3 Å². The molecule has 0 spiro atoms. The van der Waals surface area contributed by atoms with Gasteiger partial charge >= 0.3 is 6.03 Å². The van der Waals surface area contributed by atoms with Crippen LogP contribution in [0.25, 0.3) is 22.0 Å². The van der Waals surface area contributed by atoms with E-state index in [1.165, 1.54) is 18.2 Å². The van der Waals surface area contributed by atoms with Crippen LogP contribution in [0.15, 0.2) is 70.8 Å². The van der Waals surface area contributed by atoms with Crippen LogP contribution in [0.4, 0.5) is 10.5 Å². The molecule has 4 N–H and O–H groups in total. The second kappa shape index (κ2) is 8.70. The lowest BCUT2D eigenvalue weighted by Crippen LogP contribution is -2.45. The number of nitrogens with one attached hydrogen (secondary N) is 2. The van der Waals surface area contributed by atoms with Crippen LogP contribution in [0.1, 0.15) is 0 Å². The molecule has 0 saturated carbocycles. The van der Waals surface area contributed by atoms with Gasteiger partial charge in [0, 0.05) is 11.5 Å². The second-order valence-electron chi connectivity index (χ2n) is 7.30. The van der Waals surface area contributed by atoms with Crippen molar-refractivity contribution in [2.24, 2.45) is 10.8 Å². The number of carbonyl (C=O) groups excluding carboxylic acids is 1. The number of carbonyl (C=O) groups is 1. The molecule has 5 rings (SSSR count). The summed E-state index contributed by atoms with van der Waals surface area (Å²) in [5.74, 6) is 0.121. The molecular formula is C22H14Cl2N8O3. The molecule has 11 nitrogen and oxygen atoms in total. The van der Waals surface area contributed by atoms with Crippen LogP contribution >= 0.6 is 23.2 Å². The molecule has 13 heteroatoms. The number of hydrogen-bond donors (Lipinski definition) is 3. The maximum absolute atomic E-state index is 12.3. The van der Waals surface area contributed by atoms with E-state index < -0.39 is 11.6 Å². The number of rotatable bonds is 4. The molecule has 35 heavy (non-hydrogen) atoms. The molecule has 2 amide bonds. The number of aromatic amines is 1. The van der Waals surface area contributed by atoms with E-state index in [1.54, 1.807) is 18.3 Å². The zero-order valence-corrected chi connectivity index (χ0v) is 19.1. The zero-order valence-electron chi connectivity index (χ0n) is 17.6. The van der Waals surface area contributed by atoms with E-state index >= 15 is 0 Å². The summed E-state index contributed by atoms with van der Waals surface area (Å²) in [6, 6.07) is 10.8. The topological polar surface area (TPSA) is 151 Å². The average molecular weight is 509 g/mol. The van der Waals surface area contributed by atoms with Gasteiger partial charge in [0.25, 0.3) is 5.56 Å². The van der Waals surface area contributed by atoms with Crippen LogP contribution in [0.5, 0.6) is 11.6 Å². The predicted octanol–water partition coefficient (Wildman–Crippen LogP) is 3.79. The third-order valence-electron chi connectivity index (χ3n) is 4.99. The minimum Gasteiger partial charge on any atom is -0.434 e. The largest absolute Gasteiger partial charge is 0.434 e. The van der Waals surface area contributed by atoms with Gasteiger partial charge in [0.15, 0.2) is 11.6 Å². The van der Waals surface area contributed by atoms with Crippen molar-refractivity contribution in [3.05, 3.63) is 81.3 Å². The first-order chi connectivity index (χ1) is 16.8. The predicted molar refractivity (Wildman–Crippen MR) is 132 cm³/mol. The van der Waals surface area contributed by atoms with Crippen molar-refractivity contribution in [3.63, 3.8) is 0 Å². The van der Waals surface area contributed by atoms with Crippen LogP contribution in [0.3, 0.4) is 0 Å². The summed E-state index contributed by atoms with van der Waals surface area (Å²) < 4.78 is 5.93. The third kappa shape index (κ3) is 4.25. The molecule has 1 aliphatic heterocycles. The van der Waals surface area contributed by atoms with E-state index in [9.17, 15) is 9.59 Å². The Labute approximate surface area is 206 Å². The van der Waals surface area contributed by atoms with Gasteiger partial charge in [-0.3, -0.25) is 4.79 Å². The lowest BCUT2D eigenvalue weighted by atomic mass is 10.1. The van der Waals surface area contributed by atoms with E-state index in [-0.39, 0.29) is 38.9 Å². The highest BCUT2D eigenvalue weighted by Gasteiger charge is 2.25. The van der Waals surface area contributed by atoms with E-state index in [4.69, 9.17) is 33.7 Å². The fraction of sp³-hybridized carbons (Fsp3) is 0. The van der Waals surface area contributed by atoms with Crippen molar-refractivity contribution in [2.45, 2.75) is 0 Å². The molecule has 0 bridgehead atoms. The summed E-state index contributed by atoms with van der Waals surface area (Å²) >= 11 is 12.9. The van der Waals surface area contributed by atoms with Crippen molar-refractivity contribution in [3.8, 4) is 22.8 Å². The zero-order chi connectivity index (χ0) is 24.7. The molecule has 3 heterocycles. The van der Waals surface area contributed by atoms with E-state index in [0.717, 1.165) is 10.4 Å². The summed E-state index contributed by atoms with van der Waals surface area (Å²) in [6.45, 7) is 3.60. The highest BCUT2D eigenvalue weighted by Crippen LogP contribution is 2.41. The normalized spacial score (nSPS) is 13.5. The minimum atomic E-state index is -0.589. The molecule has 2 aromatic carbocycles.